The van der Waals surface area contributed by atoms with Crippen molar-refractivity contribution in [1.82, 2.24) is 14.6 Å². The van der Waals surface area contributed by atoms with Crippen LogP contribution in [0, 0.1) is 0 Å². The van der Waals surface area contributed by atoms with Gasteiger partial charge in [0.25, 0.3) is 5.91 Å². The molecule has 0 fully saturated rings. The SMILES string of the molecule is COc1cccc(C(=O)c2cc(C(=O)NCCCN(C)C)c3ccc4ccccc4n23)c1. The molecule has 2 heterocycles. The van der Waals surface area contributed by atoms with Crippen LogP contribution >= 0.6 is 0 Å². The highest BCUT2D eigenvalue weighted by Crippen LogP contribution is 2.26. The molecular formula is C26H27N3O3. The highest BCUT2D eigenvalue weighted by Gasteiger charge is 2.22. The first-order valence-electron chi connectivity index (χ1n) is 10.6. The van der Waals surface area contributed by atoms with Gasteiger partial charge in [0, 0.05) is 12.1 Å². The number of hydrogen-bond acceptors (Lipinski definition) is 4. The minimum Gasteiger partial charge on any atom is -0.497 e. The van der Waals surface area contributed by atoms with Gasteiger partial charge in [-0.15, -0.1) is 0 Å². The molecule has 4 aromatic rings. The Morgan fingerprint density at radius 2 is 1.78 bits per heavy atom. The number of nitrogens with one attached hydrogen (secondary N) is 1. The minimum atomic E-state index is -0.179. The largest absolute Gasteiger partial charge is 0.497 e. The Morgan fingerprint density at radius 3 is 2.56 bits per heavy atom. The van der Waals surface area contributed by atoms with Crippen molar-refractivity contribution in [3.63, 3.8) is 0 Å². The molecule has 2 aromatic carbocycles. The lowest BCUT2D eigenvalue weighted by Gasteiger charge is -2.10. The Morgan fingerprint density at radius 1 is 0.969 bits per heavy atom. The fourth-order valence-electron chi connectivity index (χ4n) is 3.90. The second-order valence-electron chi connectivity index (χ2n) is 8.03. The second kappa shape index (κ2) is 9.24. The van der Waals surface area contributed by atoms with Gasteiger partial charge in [-0.25, -0.2) is 0 Å². The second-order valence-corrected chi connectivity index (χ2v) is 8.03. The quantitative estimate of drug-likeness (QED) is 0.340. The van der Waals surface area contributed by atoms with E-state index in [0.29, 0.717) is 34.6 Å². The molecule has 0 atom stereocenters. The number of rotatable bonds is 8. The number of carbonyl (C=O) groups excluding carboxylic acids is 2. The van der Waals surface area contributed by atoms with E-state index in [4.69, 9.17) is 4.74 Å². The zero-order valence-electron chi connectivity index (χ0n) is 18.6. The van der Waals surface area contributed by atoms with E-state index in [0.717, 1.165) is 23.9 Å². The molecule has 0 bridgehead atoms. The van der Waals surface area contributed by atoms with E-state index in [1.54, 1.807) is 37.4 Å². The molecule has 1 N–H and O–H groups in total. The Balaban J connectivity index is 1.80. The molecule has 6 nitrogen and oxygen atoms in total. The molecule has 1 amide bonds. The molecule has 2 aromatic heterocycles. The minimum absolute atomic E-state index is 0.165. The number of ketones is 1. The number of ether oxygens (including phenoxy) is 1. The van der Waals surface area contributed by atoms with E-state index in [1.807, 2.05) is 54.9 Å². The van der Waals surface area contributed by atoms with Crippen molar-refractivity contribution >= 4 is 28.1 Å². The number of nitrogens with zero attached hydrogens (tertiary/aromatic N) is 2. The number of hydrogen-bond donors (Lipinski definition) is 1. The summed E-state index contributed by atoms with van der Waals surface area (Å²) in [6.45, 7) is 1.46. The number of methoxy groups -OCH3 is 1. The molecule has 32 heavy (non-hydrogen) atoms. The Kier molecular flexibility index (Phi) is 6.23. The van der Waals surface area contributed by atoms with Crippen molar-refractivity contribution in [2.75, 3.05) is 34.3 Å². The van der Waals surface area contributed by atoms with Crippen LogP contribution in [0.4, 0.5) is 0 Å². The molecule has 0 spiro atoms. The maximum atomic E-state index is 13.5. The molecule has 0 aliphatic carbocycles. The Hall–Kier alpha value is -3.64. The normalized spacial score (nSPS) is 11.2. The number of para-hydroxylation sites is 1. The fraction of sp³-hybridized carbons (Fsp3) is 0.231. The van der Waals surface area contributed by atoms with Crippen molar-refractivity contribution in [2.24, 2.45) is 0 Å². The van der Waals surface area contributed by atoms with Gasteiger partial charge >= 0.3 is 0 Å². The maximum absolute atomic E-state index is 13.5. The first kappa shape index (κ1) is 21.6. The van der Waals surface area contributed by atoms with Gasteiger partial charge in [-0.05, 0) is 62.8 Å². The average Bonchev–Trinajstić information content (AvgIpc) is 3.21. The summed E-state index contributed by atoms with van der Waals surface area (Å²) in [6.07, 6.45) is 0.850. The molecule has 164 valence electrons. The number of pyridine rings is 1. The zero-order valence-corrected chi connectivity index (χ0v) is 18.6. The first-order valence-corrected chi connectivity index (χ1v) is 10.6. The van der Waals surface area contributed by atoms with E-state index < -0.39 is 0 Å². The highest BCUT2D eigenvalue weighted by atomic mass is 16.5. The standard InChI is InChI=1S/C26H27N3O3/c1-28(2)15-7-14-27-26(31)21-17-24(25(30)19-9-6-10-20(16-19)32-3)29-22-11-5-4-8-18(22)12-13-23(21)29/h4-6,8-13,16-17H,7,14-15H2,1-3H3,(H,27,31). The van der Waals surface area contributed by atoms with Crippen molar-refractivity contribution < 1.29 is 14.3 Å². The maximum Gasteiger partial charge on any atom is 0.253 e. The molecule has 0 radical (unpaired) electrons. The number of benzene rings is 2. The average molecular weight is 430 g/mol. The number of fused-ring (bicyclic) bond motifs is 3. The van der Waals surface area contributed by atoms with E-state index >= 15 is 0 Å². The molecule has 6 heteroatoms. The van der Waals surface area contributed by atoms with Gasteiger partial charge in [0.05, 0.1) is 29.4 Å². The molecule has 0 unspecified atom stereocenters. The smallest absolute Gasteiger partial charge is 0.253 e. The van der Waals surface area contributed by atoms with Crippen molar-refractivity contribution in [3.05, 3.63) is 83.6 Å². The summed E-state index contributed by atoms with van der Waals surface area (Å²) in [5.74, 6) is 0.267. The van der Waals surface area contributed by atoms with Crippen LogP contribution in [0.2, 0.25) is 0 Å². The third-order valence-corrected chi connectivity index (χ3v) is 5.51. The van der Waals surface area contributed by atoms with Gasteiger partial charge in [0.1, 0.15) is 5.75 Å². The predicted octanol–water partition coefficient (Wildman–Crippen LogP) is 4.01. The van der Waals surface area contributed by atoms with Crippen LogP contribution < -0.4 is 10.1 Å². The molecule has 0 aliphatic rings. The summed E-state index contributed by atoms with van der Waals surface area (Å²) in [6, 6.07) is 20.5. The van der Waals surface area contributed by atoms with Crippen LogP contribution in [-0.2, 0) is 0 Å². The van der Waals surface area contributed by atoms with Crippen molar-refractivity contribution in [2.45, 2.75) is 6.42 Å². The van der Waals surface area contributed by atoms with Crippen LogP contribution in [0.25, 0.3) is 16.4 Å². The molecule has 4 rings (SSSR count). The lowest BCUT2D eigenvalue weighted by Crippen LogP contribution is -2.27. The third-order valence-electron chi connectivity index (χ3n) is 5.51. The van der Waals surface area contributed by atoms with Crippen LogP contribution in [0.5, 0.6) is 5.75 Å². The van der Waals surface area contributed by atoms with Gasteiger partial charge < -0.3 is 19.4 Å². The zero-order chi connectivity index (χ0) is 22.7. The summed E-state index contributed by atoms with van der Waals surface area (Å²) in [5, 5.41) is 3.99. The lowest BCUT2D eigenvalue weighted by atomic mass is 10.1. The predicted molar refractivity (Wildman–Crippen MR) is 127 cm³/mol. The number of carbonyl (C=O) groups is 2. The summed E-state index contributed by atoms with van der Waals surface area (Å²) in [7, 11) is 5.58. The van der Waals surface area contributed by atoms with E-state index in [1.165, 1.54) is 0 Å². The summed E-state index contributed by atoms with van der Waals surface area (Å²) in [5.41, 5.74) is 3.04. The highest BCUT2D eigenvalue weighted by molar-refractivity contribution is 6.13. The van der Waals surface area contributed by atoms with Crippen molar-refractivity contribution in [3.8, 4) is 5.75 Å². The molecule has 0 saturated heterocycles. The fourth-order valence-corrected chi connectivity index (χ4v) is 3.90. The third kappa shape index (κ3) is 4.22. The summed E-state index contributed by atoms with van der Waals surface area (Å²) in [4.78, 5) is 28.7. The molecule has 0 aliphatic heterocycles. The van der Waals surface area contributed by atoms with Gasteiger partial charge in [-0.2, -0.15) is 0 Å². The van der Waals surface area contributed by atoms with E-state index in [-0.39, 0.29) is 11.7 Å². The van der Waals surface area contributed by atoms with E-state index in [9.17, 15) is 9.59 Å². The lowest BCUT2D eigenvalue weighted by molar-refractivity contribution is 0.0954. The van der Waals surface area contributed by atoms with Crippen LogP contribution in [0.3, 0.4) is 0 Å². The Labute approximate surface area is 187 Å². The monoisotopic (exact) mass is 429 g/mol. The summed E-state index contributed by atoms with van der Waals surface area (Å²) < 4.78 is 7.17. The van der Waals surface area contributed by atoms with Crippen molar-refractivity contribution in [1.29, 1.82) is 0 Å². The number of aromatic nitrogens is 1. The topological polar surface area (TPSA) is 63.1 Å². The van der Waals surface area contributed by atoms with Gasteiger partial charge in [-0.1, -0.05) is 36.4 Å². The molecular weight excluding hydrogens is 402 g/mol. The molecule has 0 saturated carbocycles. The van der Waals surface area contributed by atoms with Gasteiger partial charge in [0.2, 0.25) is 5.78 Å². The number of amides is 1. The summed E-state index contributed by atoms with van der Waals surface area (Å²) >= 11 is 0. The Bertz CT molecular complexity index is 1290. The van der Waals surface area contributed by atoms with Crippen LogP contribution in [-0.4, -0.2) is 55.3 Å². The van der Waals surface area contributed by atoms with Gasteiger partial charge in [0.15, 0.2) is 0 Å². The van der Waals surface area contributed by atoms with Crippen LogP contribution in [0.1, 0.15) is 32.8 Å². The van der Waals surface area contributed by atoms with Gasteiger partial charge in [-0.3, -0.25) is 9.59 Å². The first-order chi connectivity index (χ1) is 15.5. The van der Waals surface area contributed by atoms with Crippen LogP contribution in [0.15, 0.2) is 66.7 Å². The van der Waals surface area contributed by atoms with E-state index in [2.05, 4.69) is 10.2 Å².